The van der Waals surface area contributed by atoms with Crippen molar-refractivity contribution in [3.8, 4) is 44.5 Å². The molecule has 12 aromatic carbocycles. The van der Waals surface area contributed by atoms with Gasteiger partial charge in [-0.15, -0.1) is 0 Å². The fourth-order valence-corrected chi connectivity index (χ4v) is 11.7. The van der Waals surface area contributed by atoms with Crippen LogP contribution >= 0.6 is 11.8 Å². The first-order valence-electron chi connectivity index (χ1n) is 23.6. The molecule has 0 aliphatic carbocycles. The largest absolute Gasteiger partial charge is 0.311 e. The molecular weight excluding hydrogens is 853 g/mol. The van der Waals surface area contributed by atoms with E-state index in [2.05, 4.69) is 277 Å². The molecule has 0 bridgehead atoms. The Labute approximate surface area is 407 Å². The van der Waals surface area contributed by atoms with Crippen molar-refractivity contribution in [2.45, 2.75) is 9.79 Å². The highest BCUT2D eigenvalue weighted by atomic mass is 32.2. The molecule has 0 saturated carbocycles. The van der Waals surface area contributed by atoms with Crippen LogP contribution in [0.2, 0.25) is 0 Å². The second-order valence-electron chi connectivity index (χ2n) is 17.6. The van der Waals surface area contributed by atoms with Gasteiger partial charge in [-0.2, -0.15) is 0 Å². The highest BCUT2D eigenvalue weighted by molar-refractivity contribution is 7.99. The van der Waals surface area contributed by atoms with Crippen LogP contribution in [0.15, 0.2) is 277 Å². The van der Waals surface area contributed by atoms with Gasteiger partial charge in [-0.05, 0) is 145 Å². The Hall–Kier alpha value is -8.63. The summed E-state index contributed by atoms with van der Waals surface area (Å²) < 4.78 is 0. The Kier molecular flexibility index (Phi) is 10.1. The van der Waals surface area contributed by atoms with Gasteiger partial charge in [0.2, 0.25) is 0 Å². The maximum atomic E-state index is 2.45. The Morgan fingerprint density at radius 3 is 1.39 bits per heavy atom. The highest BCUT2D eigenvalue weighted by Gasteiger charge is 2.27. The fraction of sp³-hybridized carbons (Fsp3) is 0. The van der Waals surface area contributed by atoms with E-state index in [-0.39, 0.29) is 0 Å². The van der Waals surface area contributed by atoms with Crippen molar-refractivity contribution in [1.82, 2.24) is 0 Å². The van der Waals surface area contributed by atoms with E-state index in [0.717, 1.165) is 34.1 Å². The first-order valence-corrected chi connectivity index (χ1v) is 24.4. The Morgan fingerprint density at radius 1 is 0.246 bits per heavy atom. The summed E-state index contributed by atoms with van der Waals surface area (Å²) in [5, 5.41) is 7.53. The van der Waals surface area contributed by atoms with Crippen LogP contribution in [-0.2, 0) is 0 Å². The van der Waals surface area contributed by atoms with E-state index in [4.69, 9.17) is 0 Å². The molecule has 0 radical (unpaired) electrons. The topological polar surface area (TPSA) is 6.48 Å². The minimum atomic E-state index is 1.12. The third-order valence-electron chi connectivity index (χ3n) is 13.6. The van der Waals surface area contributed by atoms with Crippen molar-refractivity contribution < 1.29 is 0 Å². The third-order valence-corrected chi connectivity index (χ3v) is 14.7. The normalized spacial score (nSPS) is 11.7. The summed E-state index contributed by atoms with van der Waals surface area (Å²) in [7, 11) is 0. The monoisotopic (exact) mass is 896 g/mol. The molecule has 1 aliphatic rings. The van der Waals surface area contributed by atoms with Crippen LogP contribution in [0.25, 0.3) is 76.8 Å². The summed E-state index contributed by atoms with van der Waals surface area (Å²) in [5.41, 5.74) is 16.7. The average Bonchev–Trinajstić information content (AvgIpc) is 3.42. The number of hydrogen-bond acceptors (Lipinski definition) is 3. The number of benzene rings is 12. The zero-order valence-corrected chi connectivity index (χ0v) is 38.5. The molecule has 12 aromatic rings. The second-order valence-corrected chi connectivity index (χ2v) is 18.7. The van der Waals surface area contributed by atoms with Gasteiger partial charge in [0.15, 0.2) is 0 Å². The van der Waals surface area contributed by atoms with Gasteiger partial charge in [0, 0.05) is 54.6 Å². The molecule has 0 spiro atoms. The van der Waals surface area contributed by atoms with Gasteiger partial charge in [-0.25, -0.2) is 0 Å². The molecule has 0 atom stereocenters. The van der Waals surface area contributed by atoms with E-state index in [0.29, 0.717) is 0 Å². The zero-order valence-electron chi connectivity index (χ0n) is 37.7. The second kappa shape index (κ2) is 17.2. The molecule has 1 heterocycles. The molecular formula is C66H44N2S. The fourth-order valence-electron chi connectivity index (χ4n) is 10.5. The molecule has 13 rings (SSSR count). The predicted octanol–water partition coefficient (Wildman–Crippen LogP) is 19.2. The number of fused-ring (bicyclic) bond motifs is 5. The maximum Gasteiger partial charge on any atom is 0.0540 e. The van der Waals surface area contributed by atoms with E-state index in [1.54, 1.807) is 0 Å². The first kappa shape index (κ1) is 40.6. The molecule has 0 amide bonds. The summed E-state index contributed by atoms with van der Waals surface area (Å²) in [5.74, 6) is 0. The van der Waals surface area contributed by atoms with Crippen molar-refractivity contribution >= 4 is 78.2 Å². The summed E-state index contributed by atoms with van der Waals surface area (Å²) in [6.07, 6.45) is 0. The van der Waals surface area contributed by atoms with E-state index >= 15 is 0 Å². The Morgan fingerprint density at radius 2 is 0.754 bits per heavy atom. The minimum Gasteiger partial charge on any atom is -0.311 e. The van der Waals surface area contributed by atoms with Gasteiger partial charge < -0.3 is 9.80 Å². The molecule has 1 aliphatic heterocycles. The van der Waals surface area contributed by atoms with Crippen molar-refractivity contribution in [1.29, 1.82) is 0 Å². The molecule has 0 unspecified atom stereocenters. The molecule has 69 heavy (non-hydrogen) atoms. The average molecular weight is 897 g/mol. The van der Waals surface area contributed by atoms with Crippen molar-refractivity contribution in [3.63, 3.8) is 0 Å². The standard InChI is InChI=1S/C66H44N2S/c1-6-19-46(20-7-1)64-58-39-36-48(54-41-42-61(56-30-17-16-29-55(54)56)68(51-25-12-4-13-26-51)52-27-14-5-15-28-52)43-60(58)57-31-18-32-62-65(57)66(64)59-40-35-47(44-63(59)69-62)45-33-37-53(38-34-45)67(49-21-8-2-9-22-49)50-23-10-3-11-24-50/h1-44H. The Bertz CT molecular complexity index is 3760. The van der Waals surface area contributed by atoms with Crippen molar-refractivity contribution in [2.75, 3.05) is 9.80 Å². The highest BCUT2D eigenvalue weighted by Crippen LogP contribution is 2.55. The first-order chi connectivity index (χ1) is 34.2. The van der Waals surface area contributed by atoms with E-state index in [9.17, 15) is 0 Å². The van der Waals surface area contributed by atoms with Gasteiger partial charge in [-0.1, -0.05) is 194 Å². The smallest absolute Gasteiger partial charge is 0.0540 e. The molecule has 0 saturated heterocycles. The molecule has 324 valence electrons. The lowest BCUT2D eigenvalue weighted by Crippen LogP contribution is -2.10. The van der Waals surface area contributed by atoms with E-state index < -0.39 is 0 Å². The SMILES string of the molecule is c1ccc(-c2c3c4c(cccc4c4cc(-c5ccc(N(c6ccccc6)c6ccccc6)c6ccccc56)ccc24)Sc2cc(-c4ccc(N(c5ccccc5)c5ccccc5)cc4)ccc2-3)cc1. The molecule has 0 aromatic heterocycles. The summed E-state index contributed by atoms with van der Waals surface area (Å²) in [6.45, 7) is 0. The molecule has 2 nitrogen and oxygen atoms in total. The van der Waals surface area contributed by atoms with Crippen LogP contribution < -0.4 is 9.80 Å². The van der Waals surface area contributed by atoms with E-state index in [1.165, 1.54) is 86.6 Å². The zero-order chi connectivity index (χ0) is 45.7. The Balaban J connectivity index is 0.941. The van der Waals surface area contributed by atoms with Gasteiger partial charge in [0.1, 0.15) is 0 Å². The van der Waals surface area contributed by atoms with Crippen LogP contribution in [0, 0.1) is 0 Å². The number of hydrogen-bond donors (Lipinski definition) is 0. The molecule has 0 fully saturated rings. The minimum absolute atomic E-state index is 1.12. The summed E-state index contributed by atoms with van der Waals surface area (Å²) in [4.78, 5) is 7.23. The molecule has 3 heteroatoms. The lowest BCUT2D eigenvalue weighted by Gasteiger charge is -2.27. The predicted molar refractivity (Wildman–Crippen MR) is 294 cm³/mol. The van der Waals surface area contributed by atoms with Crippen LogP contribution in [0.4, 0.5) is 34.1 Å². The van der Waals surface area contributed by atoms with E-state index in [1.807, 2.05) is 11.8 Å². The summed E-state index contributed by atoms with van der Waals surface area (Å²) in [6, 6.07) is 97.2. The number of rotatable bonds is 9. The van der Waals surface area contributed by atoms with Crippen molar-refractivity contribution in [2.24, 2.45) is 0 Å². The lowest BCUT2D eigenvalue weighted by molar-refractivity contribution is 1.28. The van der Waals surface area contributed by atoms with Crippen LogP contribution in [-0.4, -0.2) is 0 Å². The number of nitrogens with zero attached hydrogens (tertiary/aromatic N) is 2. The van der Waals surface area contributed by atoms with Gasteiger partial charge in [-0.3, -0.25) is 0 Å². The number of anilines is 6. The van der Waals surface area contributed by atoms with Crippen LogP contribution in [0.3, 0.4) is 0 Å². The summed E-state index contributed by atoms with van der Waals surface area (Å²) >= 11 is 1.89. The molecule has 0 N–H and O–H groups in total. The van der Waals surface area contributed by atoms with Gasteiger partial charge in [0.25, 0.3) is 0 Å². The van der Waals surface area contributed by atoms with Gasteiger partial charge >= 0.3 is 0 Å². The number of para-hydroxylation sites is 4. The van der Waals surface area contributed by atoms with Crippen molar-refractivity contribution in [3.05, 3.63) is 267 Å². The maximum absolute atomic E-state index is 2.45. The van der Waals surface area contributed by atoms with Crippen LogP contribution in [0.5, 0.6) is 0 Å². The lowest BCUT2D eigenvalue weighted by atomic mass is 9.83. The quantitative estimate of drug-likeness (QED) is 0.133. The third kappa shape index (κ3) is 7.15. The van der Waals surface area contributed by atoms with Gasteiger partial charge in [0.05, 0.1) is 5.69 Å². The van der Waals surface area contributed by atoms with Crippen LogP contribution in [0.1, 0.15) is 0 Å².